The predicted molar refractivity (Wildman–Crippen MR) is 135 cm³/mol. The van der Waals surface area contributed by atoms with E-state index in [1.165, 1.54) is 6.07 Å². The zero-order valence-corrected chi connectivity index (χ0v) is 20.5. The first-order valence-electron chi connectivity index (χ1n) is 10.2. The monoisotopic (exact) mass is 512 g/mol. The summed E-state index contributed by atoms with van der Waals surface area (Å²) < 4.78 is 0. The van der Waals surface area contributed by atoms with E-state index in [1.807, 2.05) is 24.0 Å². The maximum absolute atomic E-state index is 12.4. The summed E-state index contributed by atoms with van der Waals surface area (Å²) >= 11 is 23.6. The smallest absolute Gasteiger partial charge is 0.257 e. The lowest BCUT2D eigenvalue weighted by atomic mass is 10.2. The number of carbonyl (C=O) groups is 2. The number of benzene rings is 2. The number of carbonyl (C=O) groups excluding carboxylic acids is 2. The van der Waals surface area contributed by atoms with Crippen LogP contribution in [0, 0.1) is 0 Å². The highest BCUT2D eigenvalue weighted by Gasteiger charge is 2.22. The summed E-state index contributed by atoms with van der Waals surface area (Å²) in [6.07, 6.45) is 1.44. The molecule has 2 aromatic rings. The minimum absolute atomic E-state index is 0.132. The van der Waals surface area contributed by atoms with Crippen LogP contribution >= 0.6 is 47.0 Å². The molecule has 1 heterocycles. The molecule has 170 valence electrons. The molecule has 2 aromatic carbocycles. The van der Waals surface area contributed by atoms with Gasteiger partial charge in [-0.15, -0.1) is 0 Å². The summed E-state index contributed by atoms with van der Waals surface area (Å²) in [5, 5.41) is 6.91. The van der Waals surface area contributed by atoms with Crippen LogP contribution in [-0.2, 0) is 4.79 Å². The molecule has 0 aliphatic carbocycles. The van der Waals surface area contributed by atoms with E-state index in [1.54, 1.807) is 18.2 Å². The number of nitrogens with one attached hydrogen (secondary N) is 2. The van der Waals surface area contributed by atoms with E-state index in [-0.39, 0.29) is 16.0 Å². The second kappa shape index (κ2) is 11.2. The average molecular weight is 514 g/mol. The molecule has 32 heavy (non-hydrogen) atoms. The van der Waals surface area contributed by atoms with Crippen LogP contribution in [0.2, 0.25) is 15.1 Å². The van der Waals surface area contributed by atoms with Crippen molar-refractivity contribution in [1.29, 1.82) is 0 Å². The number of hydrogen-bond acceptors (Lipinski definition) is 4. The second-order valence-corrected chi connectivity index (χ2v) is 8.95. The first-order chi connectivity index (χ1) is 15.3. The number of nitrogens with zero attached hydrogens (tertiary/aromatic N) is 2. The van der Waals surface area contributed by atoms with Crippen LogP contribution in [-0.4, -0.2) is 48.0 Å². The number of halogens is 3. The quantitative estimate of drug-likeness (QED) is 0.537. The molecule has 0 aromatic heterocycles. The number of anilines is 2. The fourth-order valence-corrected chi connectivity index (χ4v) is 4.19. The van der Waals surface area contributed by atoms with Crippen LogP contribution in [0.5, 0.6) is 0 Å². The van der Waals surface area contributed by atoms with Crippen molar-refractivity contribution in [3.05, 3.63) is 57.0 Å². The first-order valence-corrected chi connectivity index (χ1v) is 11.7. The average Bonchev–Trinajstić information content (AvgIpc) is 2.76. The molecule has 2 N–H and O–H groups in total. The molecule has 6 nitrogen and oxygen atoms in total. The number of amides is 2. The van der Waals surface area contributed by atoms with Crippen molar-refractivity contribution in [3.8, 4) is 0 Å². The van der Waals surface area contributed by atoms with Gasteiger partial charge in [0, 0.05) is 43.9 Å². The summed E-state index contributed by atoms with van der Waals surface area (Å²) in [4.78, 5) is 28.5. The van der Waals surface area contributed by atoms with Gasteiger partial charge in [0.25, 0.3) is 5.91 Å². The standard InChI is InChI=1S/C22H23Cl3N4O2S/c1-2-3-20(30)29-10-8-28(9-11-29)19-7-5-15(13-18(19)25)26-22(32)27-21(31)14-4-6-16(23)17(24)12-14/h4-7,12-13H,2-3,8-11H2,1H3,(H2,26,27,31,32). The Labute approximate surface area is 207 Å². The van der Waals surface area contributed by atoms with Gasteiger partial charge >= 0.3 is 0 Å². The van der Waals surface area contributed by atoms with E-state index in [9.17, 15) is 9.59 Å². The third kappa shape index (κ3) is 6.25. The predicted octanol–water partition coefficient (Wildman–Crippen LogP) is 5.22. The van der Waals surface area contributed by atoms with Gasteiger partial charge in [-0.1, -0.05) is 41.7 Å². The molecule has 0 radical (unpaired) electrons. The van der Waals surface area contributed by atoms with Gasteiger partial charge in [-0.3, -0.25) is 14.9 Å². The second-order valence-electron chi connectivity index (χ2n) is 7.32. The molecule has 3 rings (SSSR count). The first kappa shape index (κ1) is 24.6. The van der Waals surface area contributed by atoms with Crippen molar-refractivity contribution < 1.29 is 9.59 Å². The highest BCUT2D eigenvalue weighted by atomic mass is 35.5. The summed E-state index contributed by atoms with van der Waals surface area (Å²) in [7, 11) is 0. The maximum Gasteiger partial charge on any atom is 0.257 e. The molecule has 1 aliphatic rings. The number of hydrogen-bond donors (Lipinski definition) is 2. The van der Waals surface area contributed by atoms with Gasteiger partial charge in [0.1, 0.15) is 0 Å². The van der Waals surface area contributed by atoms with Crippen LogP contribution in [0.3, 0.4) is 0 Å². The van der Waals surface area contributed by atoms with Crippen molar-refractivity contribution >= 4 is 75.3 Å². The lowest BCUT2D eigenvalue weighted by Crippen LogP contribution is -2.48. The third-order valence-corrected chi connectivity index (χ3v) is 6.30. The van der Waals surface area contributed by atoms with Gasteiger partial charge in [0.05, 0.1) is 20.8 Å². The molecule has 0 spiro atoms. The molecular formula is C22H23Cl3N4O2S. The Kier molecular flexibility index (Phi) is 8.59. The molecule has 1 fully saturated rings. The highest BCUT2D eigenvalue weighted by molar-refractivity contribution is 7.80. The Morgan fingerprint density at radius 2 is 1.69 bits per heavy atom. The largest absolute Gasteiger partial charge is 0.367 e. The topological polar surface area (TPSA) is 64.7 Å². The lowest BCUT2D eigenvalue weighted by Gasteiger charge is -2.36. The van der Waals surface area contributed by atoms with E-state index >= 15 is 0 Å². The maximum atomic E-state index is 12.4. The van der Waals surface area contributed by atoms with E-state index in [0.717, 1.165) is 25.2 Å². The molecule has 0 bridgehead atoms. The number of thiocarbonyl (C=S) groups is 1. The van der Waals surface area contributed by atoms with Gasteiger partial charge < -0.3 is 15.1 Å². The molecule has 1 aliphatic heterocycles. The summed E-state index contributed by atoms with van der Waals surface area (Å²) in [5.41, 5.74) is 1.88. The Hall–Kier alpha value is -2.06. The number of piperazine rings is 1. The minimum Gasteiger partial charge on any atom is -0.367 e. The van der Waals surface area contributed by atoms with Gasteiger partial charge in [0.2, 0.25) is 5.91 Å². The Morgan fingerprint density at radius 3 is 2.31 bits per heavy atom. The Bertz CT molecular complexity index is 1030. The van der Waals surface area contributed by atoms with Gasteiger partial charge in [-0.25, -0.2) is 0 Å². The zero-order chi connectivity index (χ0) is 23.3. The molecule has 2 amide bonds. The minimum atomic E-state index is -0.403. The Morgan fingerprint density at radius 1 is 0.969 bits per heavy atom. The Balaban J connectivity index is 1.57. The molecular weight excluding hydrogens is 491 g/mol. The van der Waals surface area contributed by atoms with E-state index in [4.69, 9.17) is 47.0 Å². The van der Waals surface area contributed by atoms with Gasteiger partial charge in [0.15, 0.2) is 5.11 Å². The van der Waals surface area contributed by atoms with Crippen molar-refractivity contribution in [3.63, 3.8) is 0 Å². The lowest BCUT2D eigenvalue weighted by molar-refractivity contribution is -0.131. The zero-order valence-electron chi connectivity index (χ0n) is 17.5. The number of rotatable bonds is 5. The normalized spacial score (nSPS) is 13.6. The fraction of sp³-hybridized carbons (Fsp3) is 0.318. The molecule has 0 atom stereocenters. The third-order valence-electron chi connectivity index (χ3n) is 5.05. The highest BCUT2D eigenvalue weighted by Crippen LogP contribution is 2.30. The van der Waals surface area contributed by atoms with Crippen molar-refractivity contribution in [2.75, 3.05) is 36.4 Å². The molecule has 0 saturated carbocycles. The van der Waals surface area contributed by atoms with Crippen LogP contribution in [0.25, 0.3) is 0 Å². The SMILES string of the molecule is CCCC(=O)N1CCN(c2ccc(NC(=S)NC(=O)c3ccc(Cl)c(Cl)c3)cc2Cl)CC1. The van der Waals surface area contributed by atoms with Crippen molar-refractivity contribution in [2.24, 2.45) is 0 Å². The van der Waals surface area contributed by atoms with E-state index in [2.05, 4.69) is 15.5 Å². The van der Waals surface area contributed by atoms with E-state index < -0.39 is 5.91 Å². The van der Waals surface area contributed by atoms with Crippen molar-refractivity contribution in [2.45, 2.75) is 19.8 Å². The van der Waals surface area contributed by atoms with Gasteiger partial charge in [-0.2, -0.15) is 0 Å². The van der Waals surface area contributed by atoms with Crippen molar-refractivity contribution in [1.82, 2.24) is 10.2 Å². The molecule has 10 heteroatoms. The van der Waals surface area contributed by atoms with Crippen LogP contribution in [0.15, 0.2) is 36.4 Å². The summed E-state index contributed by atoms with van der Waals surface area (Å²) in [6, 6.07) is 10.1. The van der Waals surface area contributed by atoms with Crippen LogP contribution in [0.4, 0.5) is 11.4 Å². The fourth-order valence-electron chi connectivity index (χ4n) is 3.38. The van der Waals surface area contributed by atoms with Crippen LogP contribution in [0.1, 0.15) is 30.1 Å². The van der Waals surface area contributed by atoms with Gasteiger partial charge in [-0.05, 0) is 55.0 Å². The molecule has 1 saturated heterocycles. The molecule has 0 unspecified atom stereocenters. The summed E-state index contributed by atoms with van der Waals surface area (Å²) in [5.74, 6) is -0.200. The summed E-state index contributed by atoms with van der Waals surface area (Å²) in [6.45, 7) is 4.81. The van der Waals surface area contributed by atoms with Crippen LogP contribution < -0.4 is 15.5 Å². The van der Waals surface area contributed by atoms with E-state index in [0.29, 0.717) is 40.8 Å².